The maximum absolute atomic E-state index is 12.6. The van der Waals surface area contributed by atoms with Gasteiger partial charge >= 0.3 is 0 Å². The van der Waals surface area contributed by atoms with Crippen molar-refractivity contribution in [3.05, 3.63) is 41.5 Å². The van der Waals surface area contributed by atoms with Crippen LogP contribution in [-0.4, -0.2) is 72.7 Å². The van der Waals surface area contributed by atoms with Gasteiger partial charge in [0.25, 0.3) is 0 Å². The van der Waals surface area contributed by atoms with E-state index < -0.39 is 0 Å². The zero-order chi connectivity index (χ0) is 18.4. The molecular weight excluding hydrogens is 326 g/mol. The van der Waals surface area contributed by atoms with Crippen LogP contribution in [0.1, 0.15) is 24.0 Å². The van der Waals surface area contributed by atoms with Crippen molar-refractivity contribution < 1.29 is 9.90 Å². The third kappa shape index (κ3) is 5.40. The van der Waals surface area contributed by atoms with Crippen LogP contribution >= 0.6 is 0 Å². The standard InChI is InChI=1S/C21H31N3O2/c1-17-2-4-18(5-3-17)6-7-19-8-11-24(12-9-19)21(26)15-23-13-10-22-20(14-23)16-25/h2-7,19-20,22,25H,8-16H2,1H3/b7-6+/t20-/m1/s1. The summed E-state index contributed by atoms with van der Waals surface area (Å²) >= 11 is 0. The number of hydrogen-bond donors (Lipinski definition) is 2. The van der Waals surface area contributed by atoms with Crippen LogP contribution in [0, 0.1) is 12.8 Å². The molecule has 5 heteroatoms. The summed E-state index contributed by atoms with van der Waals surface area (Å²) in [6, 6.07) is 8.67. The molecule has 1 aromatic rings. The zero-order valence-electron chi connectivity index (χ0n) is 15.7. The molecule has 2 saturated heterocycles. The topological polar surface area (TPSA) is 55.8 Å². The van der Waals surface area contributed by atoms with Gasteiger partial charge in [0, 0.05) is 38.8 Å². The number of aryl methyl sites for hydroxylation is 1. The Morgan fingerprint density at radius 1 is 1.23 bits per heavy atom. The largest absolute Gasteiger partial charge is 0.395 e. The molecular formula is C21H31N3O2. The number of nitrogens with one attached hydrogen (secondary N) is 1. The van der Waals surface area contributed by atoms with E-state index in [0.29, 0.717) is 12.5 Å². The van der Waals surface area contributed by atoms with Gasteiger partial charge in [0.1, 0.15) is 0 Å². The summed E-state index contributed by atoms with van der Waals surface area (Å²) in [4.78, 5) is 16.7. The highest BCUT2D eigenvalue weighted by Gasteiger charge is 2.25. The Balaban J connectivity index is 1.42. The highest BCUT2D eigenvalue weighted by molar-refractivity contribution is 5.78. The lowest BCUT2D eigenvalue weighted by atomic mass is 9.95. The lowest BCUT2D eigenvalue weighted by Crippen LogP contribution is -2.55. The van der Waals surface area contributed by atoms with Gasteiger partial charge in [-0.15, -0.1) is 0 Å². The predicted molar refractivity (Wildman–Crippen MR) is 105 cm³/mol. The van der Waals surface area contributed by atoms with Gasteiger partial charge in [-0.25, -0.2) is 0 Å². The summed E-state index contributed by atoms with van der Waals surface area (Å²) in [5.74, 6) is 0.780. The fourth-order valence-corrected chi connectivity index (χ4v) is 3.72. The number of amides is 1. The molecule has 5 nitrogen and oxygen atoms in total. The van der Waals surface area contributed by atoms with Gasteiger partial charge < -0.3 is 15.3 Å². The lowest BCUT2D eigenvalue weighted by molar-refractivity contribution is -0.134. The summed E-state index contributed by atoms with van der Waals surface area (Å²) in [5.41, 5.74) is 2.52. The Hall–Kier alpha value is -1.69. The minimum atomic E-state index is 0.0918. The minimum absolute atomic E-state index is 0.0918. The molecule has 0 aromatic heterocycles. The maximum atomic E-state index is 12.6. The Morgan fingerprint density at radius 3 is 2.65 bits per heavy atom. The first-order valence-corrected chi connectivity index (χ1v) is 9.73. The number of hydrogen-bond acceptors (Lipinski definition) is 4. The molecule has 2 heterocycles. The molecule has 2 aliphatic rings. The highest BCUT2D eigenvalue weighted by atomic mass is 16.3. The van der Waals surface area contributed by atoms with E-state index in [0.717, 1.165) is 45.6 Å². The SMILES string of the molecule is Cc1ccc(/C=C/C2CCN(C(=O)CN3CCN[C@@H](CO)C3)CC2)cc1. The van der Waals surface area contributed by atoms with Crippen LogP contribution in [0.5, 0.6) is 0 Å². The van der Waals surface area contributed by atoms with Crippen LogP contribution in [0.3, 0.4) is 0 Å². The van der Waals surface area contributed by atoms with Crippen molar-refractivity contribution in [1.29, 1.82) is 0 Å². The molecule has 1 amide bonds. The maximum Gasteiger partial charge on any atom is 0.236 e. The number of aliphatic hydroxyl groups excluding tert-OH is 1. The van der Waals surface area contributed by atoms with Gasteiger partial charge in [0.15, 0.2) is 0 Å². The van der Waals surface area contributed by atoms with Crippen LogP contribution in [0.25, 0.3) is 6.08 Å². The molecule has 0 spiro atoms. The van der Waals surface area contributed by atoms with Crippen molar-refractivity contribution in [2.24, 2.45) is 5.92 Å². The normalized spacial score (nSPS) is 22.8. The van der Waals surface area contributed by atoms with E-state index in [2.05, 4.69) is 53.6 Å². The third-order valence-electron chi connectivity index (χ3n) is 5.45. The number of aliphatic hydroxyl groups is 1. The van der Waals surface area contributed by atoms with Crippen molar-refractivity contribution >= 4 is 12.0 Å². The number of likely N-dealkylation sites (tertiary alicyclic amines) is 1. The van der Waals surface area contributed by atoms with E-state index in [1.807, 2.05) is 4.90 Å². The van der Waals surface area contributed by atoms with Gasteiger partial charge in [-0.2, -0.15) is 0 Å². The smallest absolute Gasteiger partial charge is 0.236 e. The second kappa shape index (κ2) is 9.31. The Morgan fingerprint density at radius 2 is 1.96 bits per heavy atom. The second-order valence-corrected chi connectivity index (χ2v) is 7.56. The van der Waals surface area contributed by atoms with Gasteiger partial charge in [-0.3, -0.25) is 9.69 Å². The molecule has 0 saturated carbocycles. The second-order valence-electron chi connectivity index (χ2n) is 7.56. The fraction of sp³-hybridized carbons (Fsp3) is 0.571. The average Bonchev–Trinajstić information content (AvgIpc) is 2.68. The summed E-state index contributed by atoms with van der Waals surface area (Å²) in [6.45, 7) is 6.85. The van der Waals surface area contributed by atoms with E-state index in [1.54, 1.807) is 0 Å². The third-order valence-corrected chi connectivity index (χ3v) is 5.45. The molecule has 1 atom stereocenters. The first kappa shape index (κ1) is 19.1. The van der Waals surface area contributed by atoms with Crippen LogP contribution in [0.15, 0.2) is 30.3 Å². The molecule has 2 N–H and O–H groups in total. The first-order chi connectivity index (χ1) is 12.6. The number of carbonyl (C=O) groups excluding carboxylic acids is 1. The number of piperazine rings is 1. The number of benzene rings is 1. The monoisotopic (exact) mass is 357 g/mol. The van der Waals surface area contributed by atoms with Crippen molar-refractivity contribution in [3.63, 3.8) is 0 Å². The molecule has 26 heavy (non-hydrogen) atoms. The van der Waals surface area contributed by atoms with Crippen molar-refractivity contribution in [2.45, 2.75) is 25.8 Å². The van der Waals surface area contributed by atoms with Gasteiger partial charge in [0.2, 0.25) is 5.91 Å². The summed E-state index contributed by atoms with van der Waals surface area (Å²) in [7, 11) is 0. The minimum Gasteiger partial charge on any atom is -0.395 e. The lowest BCUT2D eigenvalue weighted by Gasteiger charge is -2.35. The van der Waals surface area contributed by atoms with Gasteiger partial charge in [-0.05, 0) is 31.2 Å². The average molecular weight is 357 g/mol. The van der Waals surface area contributed by atoms with Crippen molar-refractivity contribution in [2.75, 3.05) is 45.9 Å². The molecule has 142 valence electrons. The van der Waals surface area contributed by atoms with E-state index in [9.17, 15) is 9.90 Å². The molecule has 3 rings (SSSR count). The number of piperidine rings is 1. The zero-order valence-corrected chi connectivity index (χ0v) is 15.7. The number of carbonyl (C=O) groups is 1. The number of allylic oxidation sites excluding steroid dienone is 1. The molecule has 0 radical (unpaired) electrons. The number of rotatable bonds is 5. The van der Waals surface area contributed by atoms with Crippen molar-refractivity contribution in [1.82, 2.24) is 15.1 Å². The molecule has 2 aliphatic heterocycles. The van der Waals surface area contributed by atoms with E-state index >= 15 is 0 Å². The molecule has 0 aliphatic carbocycles. The summed E-state index contributed by atoms with van der Waals surface area (Å²) in [5, 5.41) is 12.5. The number of nitrogens with zero attached hydrogens (tertiary/aromatic N) is 2. The highest BCUT2D eigenvalue weighted by Crippen LogP contribution is 2.20. The Bertz CT molecular complexity index is 606. The van der Waals surface area contributed by atoms with Crippen LogP contribution in [-0.2, 0) is 4.79 Å². The summed E-state index contributed by atoms with van der Waals surface area (Å²) in [6.07, 6.45) is 6.58. The quantitative estimate of drug-likeness (QED) is 0.839. The van der Waals surface area contributed by atoms with Gasteiger partial charge in [-0.1, -0.05) is 42.0 Å². The van der Waals surface area contributed by atoms with E-state index in [1.165, 1.54) is 11.1 Å². The van der Waals surface area contributed by atoms with Crippen LogP contribution in [0.2, 0.25) is 0 Å². The summed E-state index contributed by atoms with van der Waals surface area (Å²) < 4.78 is 0. The van der Waals surface area contributed by atoms with Crippen LogP contribution < -0.4 is 5.32 Å². The molecule has 1 aromatic carbocycles. The van der Waals surface area contributed by atoms with Crippen LogP contribution in [0.4, 0.5) is 0 Å². The Labute approximate surface area is 156 Å². The Kier molecular flexibility index (Phi) is 6.83. The molecule has 2 fully saturated rings. The first-order valence-electron chi connectivity index (χ1n) is 9.73. The fourth-order valence-electron chi connectivity index (χ4n) is 3.72. The van der Waals surface area contributed by atoms with E-state index in [-0.39, 0.29) is 18.6 Å². The molecule has 0 unspecified atom stereocenters. The van der Waals surface area contributed by atoms with Gasteiger partial charge in [0.05, 0.1) is 13.2 Å². The van der Waals surface area contributed by atoms with E-state index in [4.69, 9.17) is 0 Å². The van der Waals surface area contributed by atoms with Crippen molar-refractivity contribution in [3.8, 4) is 0 Å². The predicted octanol–water partition coefficient (Wildman–Crippen LogP) is 1.51. The molecule has 0 bridgehead atoms.